The van der Waals surface area contributed by atoms with Crippen molar-refractivity contribution in [1.29, 1.82) is 0 Å². The number of carbonyl (C=O) groups is 1. The van der Waals surface area contributed by atoms with Gasteiger partial charge in [-0.25, -0.2) is 4.79 Å². The van der Waals surface area contributed by atoms with Gasteiger partial charge in [-0.2, -0.15) is 0 Å². The molecular formula is C14H17NO4. The van der Waals surface area contributed by atoms with E-state index in [1.807, 2.05) is 19.1 Å². The minimum atomic E-state index is -0.491. The molecule has 1 aromatic carbocycles. The molecule has 0 aromatic heterocycles. The lowest BCUT2D eigenvalue weighted by Crippen LogP contribution is -2.28. The molecule has 0 aliphatic carbocycles. The van der Waals surface area contributed by atoms with E-state index >= 15 is 0 Å². The largest absolute Gasteiger partial charge is 0.497 e. The van der Waals surface area contributed by atoms with E-state index < -0.39 is 6.04 Å². The summed E-state index contributed by atoms with van der Waals surface area (Å²) in [5.41, 5.74) is 2.69. The standard InChI is InChI=1S/C14H17NO4/c1-8-13-9(6-11(15-8)14(16)19-4)5-10(17-2)7-12(13)18-3/h5,7,11H,6H2,1-4H3. The van der Waals surface area contributed by atoms with Crippen molar-refractivity contribution in [3.05, 3.63) is 23.3 Å². The van der Waals surface area contributed by atoms with Gasteiger partial charge in [0.15, 0.2) is 6.04 Å². The molecular weight excluding hydrogens is 246 g/mol. The molecule has 2 rings (SSSR count). The summed E-state index contributed by atoms with van der Waals surface area (Å²) in [5.74, 6) is 1.08. The Labute approximate surface area is 112 Å². The SMILES string of the molecule is COC(=O)C1Cc2cc(OC)cc(OC)c2C(C)=N1. The van der Waals surface area contributed by atoms with Crippen LogP contribution in [0.4, 0.5) is 0 Å². The van der Waals surface area contributed by atoms with Crippen LogP contribution in [0.3, 0.4) is 0 Å². The van der Waals surface area contributed by atoms with Crippen LogP contribution in [0.5, 0.6) is 11.5 Å². The minimum Gasteiger partial charge on any atom is -0.497 e. The zero-order valence-corrected chi connectivity index (χ0v) is 11.5. The van der Waals surface area contributed by atoms with Crippen molar-refractivity contribution in [2.24, 2.45) is 4.99 Å². The van der Waals surface area contributed by atoms with Crippen LogP contribution in [0.15, 0.2) is 17.1 Å². The highest BCUT2D eigenvalue weighted by Gasteiger charge is 2.28. The lowest BCUT2D eigenvalue weighted by molar-refractivity contribution is -0.142. The maximum absolute atomic E-state index is 11.6. The van der Waals surface area contributed by atoms with Crippen molar-refractivity contribution in [2.75, 3.05) is 21.3 Å². The topological polar surface area (TPSA) is 57.1 Å². The Balaban J connectivity index is 2.50. The first-order valence-electron chi connectivity index (χ1n) is 5.98. The second kappa shape index (κ2) is 5.30. The summed E-state index contributed by atoms with van der Waals surface area (Å²) >= 11 is 0. The highest BCUT2D eigenvalue weighted by molar-refractivity contribution is 6.05. The van der Waals surface area contributed by atoms with Crippen molar-refractivity contribution in [3.63, 3.8) is 0 Å². The zero-order chi connectivity index (χ0) is 14.0. The van der Waals surface area contributed by atoms with E-state index in [2.05, 4.69) is 4.99 Å². The molecule has 0 N–H and O–H groups in total. The number of ether oxygens (including phenoxy) is 3. The van der Waals surface area contributed by atoms with E-state index in [0.717, 1.165) is 16.8 Å². The fourth-order valence-electron chi connectivity index (χ4n) is 2.32. The van der Waals surface area contributed by atoms with Gasteiger partial charge in [0.05, 0.1) is 21.3 Å². The maximum atomic E-state index is 11.6. The molecule has 0 fully saturated rings. The molecule has 1 aliphatic rings. The van der Waals surface area contributed by atoms with Crippen LogP contribution in [0.1, 0.15) is 18.1 Å². The van der Waals surface area contributed by atoms with E-state index in [9.17, 15) is 4.79 Å². The number of hydrogen-bond acceptors (Lipinski definition) is 5. The van der Waals surface area contributed by atoms with E-state index in [0.29, 0.717) is 17.9 Å². The van der Waals surface area contributed by atoms with Crippen molar-refractivity contribution >= 4 is 11.7 Å². The molecule has 19 heavy (non-hydrogen) atoms. The van der Waals surface area contributed by atoms with E-state index in [1.54, 1.807) is 14.2 Å². The minimum absolute atomic E-state index is 0.327. The van der Waals surface area contributed by atoms with E-state index in [4.69, 9.17) is 14.2 Å². The summed E-state index contributed by atoms with van der Waals surface area (Å²) in [7, 11) is 4.58. The first kappa shape index (κ1) is 13.4. The monoisotopic (exact) mass is 263 g/mol. The highest BCUT2D eigenvalue weighted by Crippen LogP contribution is 2.33. The van der Waals surface area contributed by atoms with Crippen LogP contribution in [0, 0.1) is 0 Å². The molecule has 0 saturated carbocycles. The van der Waals surface area contributed by atoms with Gasteiger partial charge < -0.3 is 14.2 Å². The van der Waals surface area contributed by atoms with E-state index in [1.165, 1.54) is 7.11 Å². The number of esters is 1. The zero-order valence-electron chi connectivity index (χ0n) is 11.5. The molecule has 0 radical (unpaired) electrons. The summed E-state index contributed by atoms with van der Waals surface area (Å²) in [4.78, 5) is 16.0. The highest BCUT2D eigenvalue weighted by atomic mass is 16.5. The van der Waals surface area contributed by atoms with Gasteiger partial charge in [-0.05, 0) is 18.6 Å². The molecule has 5 nitrogen and oxygen atoms in total. The van der Waals surface area contributed by atoms with Gasteiger partial charge >= 0.3 is 5.97 Å². The average Bonchev–Trinajstić information content (AvgIpc) is 2.44. The molecule has 0 amide bonds. The van der Waals surface area contributed by atoms with Crippen LogP contribution in [-0.4, -0.2) is 39.1 Å². The Morgan fingerprint density at radius 1 is 1.26 bits per heavy atom. The van der Waals surface area contributed by atoms with Crippen LogP contribution in [-0.2, 0) is 16.0 Å². The summed E-state index contributed by atoms with van der Waals surface area (Å²) < 4.78 is 15.4. The van der Waals surface area contributed by atoms with Gasteiger partial charge in [-0.3, -0.25) is 4.99 Å². The number of methoxy groups -OCH3 is 3. The first-order chi connectivity index (χ1) is 9.10. The first-order valence-corrected chi connectivity index (χ1v) is 5.98. The van der Waals surface area contributed by atoms with Crippen molar-refractivity contribution < 1.29 is 19.0 Å². The predicted octanol–water partition coefficient (Wildman–Crippen LogP) is 1.61. The summed E-state index contributed by atoms with van der Waals surface area (Å²) in [6, 6.07) is 3.23. The smallest absolute Gasteiger partial charge is 0.330 e. The molecule has 0 spiro atoms. The third-order valence-electron chi connectivity index (χ3n) is 3.21. The predicted molar refractivity (Wildman–Crippen MR) is 71.3 cm³/mol. The third-order valence-corrected chi connectivity index (χ3v) is 3.21. The Morgan fingerprint density at radius 2 is 2.00 bits per heavy atom. The second-order valence-corrected chi connectivity index (χ2v) is 4.32. The second-order valence-electron chi connectivity index (χ2n) is 4.32. The molecule has 102 valence electrons. The number of rotatable bonds is 3. The summed E-state index contributed by atoms with van der Waals surface area (Å²) in [6.07, 6.45) is 0.493. The fourth-order valence-corrected chi connectivity index (χ4v) is 2.32. The lowest BCUT2D eigenvalue weighted by Gasteiger charge is -2.23. The van der Waals surface area contributed by atoms with Gasteiger partial charge in [-0.1, -0.05) is 0 Å². The average molecular weight is 263 g/mol. The lowest BCUT2D eigenvalue weighted by atomic mass is 9.93. The quantitative estimate of drug-likeness (QED) is 0.777. The van der Waals surface area contributed by atoms with Gasteiger partial charge in [0.25, 0.3) is 0 Å². The summed E-state index contributed by atoms with van der Waals surface area (Å²) in [6.45, 7) is 1.86. The normalized spacial score (nSPS) is 17.3. The van der Waals surface area contributed by atoms with Gasteiger partial charge in [0.1, 0.15) is 11.5 Å². The molecule has 5 heteroatoms. The number of benzene rings is 1. The van der Waals surface area contributed by atoms with Crippen LogP contribution in [0.2, 0.25) is 0 Å². The number of nitrogens with zero attached hydrogens (tertiary/aromatic N) is 1. The molecule has 0 bridgehead atoms. The fraction of sp³-hybridized carbons (Fsp3) is 0.429. The van der Waals surface area contributed by atoms with Gasteiger partial charge in [-0.15, -0.1) is 0 Å². The maximum Gasteiger partial charge on any atom is 0.330 e. The number of hydrogen-bond donors (Lipinski definition) is 0. The summed E-state index contributed by atoms with van der Waals surface area (Å²) in [5, 5.41) is 0. The Kier molecular flexibility index (Phi) is 3.74. The number of fused-ring (bicyclic) bond motifs is 1. The Hall–Kier alpha value is -2.04. The number of aliphatic imine (C=N–C) groups is 1. The van der Waals surface area contributed by atoms with Gasteiger partial charge in [0, 0.05) is 23.8 Å². The van der Waals surface area contributed by atoms with E-state index in [-0.39, 0.29) is 5.97 Å². The molecule has 0 saturated heterocycles. The number of carbonyl (C=O) groups excluding carboxylic acids is 1. The van der Waals surface area contributed by atoms with Crippen molar-refractivity contribution in [2.45, 2.75) is 19.4 Å². The van der Waals surface area contributed by atoms with Crippen LogP contribution < -0.4 is 9.47 Å². The van der Waals surface area contributed by atoms with Crippen molar-refractivity contribution in [1.82, 2.24) is 0 Å². The Morgan fingerprint density at radius 3 is 2.58 bits per heavy atom. The third kappa shape index (κ3) is 2.41. The molecule has 1 aliphatic heterocycles. The molecule has 1 heterocycles. The Bertz CT molecular complexity index is 536. The molecule has 1 atom stereocenters. The van der Waals surface area contributed by atoms with Gasteiger partial charge in [0.2, 0.25) is 0 Å². The van der Waals surface area contributed by atoms with Crippen LogP contribution in [0.25, 0.3) is 0 Å². The molecule has 1 unspecified atom stereocenters. The molecule has 1 aromatic rings. The van der Waals surface area contributed by atoms with Crippen molar-refractivity contribution in [3.8, 4) is 11.5 Å². The van der Waals surface area contributed by atoms with Crippen LogP contribution >= 0.6 is 0 Å².